The van der Waals surface area contributed by atoms with E-state index in [1.807, 2.05) is 0 Å². The Kier molecular flexibility index (Phi) is 2.59. The number of ether oxygens (including phenoxy) is 2. The summed E-state index contributed by atoms with van der Waals surface area (Å²) in [4.78, 5) is 11.7. The maximum Gasteiger partial charge on any atom is 0.586 e. The number of hydrogen-bond donors (Lipinski definition) is 1. The summed E-state index contributed by atoms with van der Waals surface area (Å²) < 4.78 is 33.1. The van der Waals surface area contributed by atoms with Gasteiger partial charge in [0.25, 0.3) is 0 Å². The van der Waals surface area contributed by atoms with Crippen LogP contribution in [0.4, 0.5) is 14.5 Å². The SMILES string of the molecule is O=C(Nc1ccc2c(c1)OC(F)(F)O2)C1CC1(Cl)Cl. The number of fused-ring (bicyclic) bond motifs is 1. The van der Waals surface area contributed by atoms with Gasteiger partial charge in [-0.3, -0.25) is 4.79 Å². The van der Waals surface area contributed by atoms with Gasteiger partial charge in [-0.05, 0) is 18.6 Å². The molecule has 0 saturated heterocycles. The molecule has 1 unspecified atom stereocenters. The second-order valence-electron chi connectivity index (χ2n) is 4.34. The minimum atomic E-state index is -3.68. The fourth-order valence-electron chi connectivity index (χ4n) is 1.75. The summed E-state index contributed by atoms with van der Waals surface area (Å²) in [5.74, 6) is -1.08. The van der Waals surface area contributed by atoms with E-state index in [1.165, 1.54) is 18.2 Å². The molecule has 102 valence electrons. The molecule has 0 spiro atoms. The van der Waals surface area contributed by atoms with E-state index in [1.54, 1.807) is 0 Å². The van der Waals surface area contributed by atoms with E-state index < -0.39 is 16.5 Å². The standard InChI is InChI=1S/C11H7Cl2F2NO3/c12-10(13)4-6(10)9(17)16-5-1-2-7-8(3-5)19-11(14,15)18-7/h1-3,6H,4H2,(H,16,17). The van der Waals surface area contributed by atoms with Gasteiger partial charge in [0.05, 0.1) is 5.92 Å². The van der Waals surface area contributed by atoms with E-state index in [0.717, 1.165) is 0 Å². The number of rotatable bonds is 2. The molecule has 1 amide bonds. The maximum atomic E-state index is 12.8. The zero-order valence-corrected chi connectivity index (χ0v) is 10.8. The highest BCUT2D eigenvalue weighted by Gasteiger charge is 2.56. The lowest BCUT2D eigenvalue weighted by molar-refractivity contribution is -0.286. The van der Waals surface area contributed by atoms with Crippen LogP contribution in [0.15, 0.2) is 18.2 Å². The van der Waals surface area contributed by atoms with E-state index in [4.69, 9.17) is 23.2 Å². The topological polar surface area (TPSA) is 47.6 Å². The number of hydrogen-bond acceptors (Lipinski definition) is 3. The Bertz CT molecular complexity index is 565. The quantitative estimate of drug-likeness (QED) is 0.854. The van der Waals surface area contributed by atoms with E-state index in [-0.39, 0.29) is 17.4 Å². The molecule has 3 rings (SSSR count). The lowest BCUT2D eigenvalue weighted by atomic mass is 10.2. The van der Waals surface area contributed by atoms with Crippen LogP contribution in [0.25, 0.3) is 0 Å². The number of carbonyl (C=O) groups excluding carboxylic acids is 1. The third-order valence-corrected chi connectivity index (χ3v) is 3.65. The summed E-state index contributed by atoms with van der Waals surface area (Å²) in [6.45, 7) is 0. The summed E-state index contributed by atoms with van der Waals surface area (Å²) in [5.41, 5.74) is 0.307. The molecule has 8 heteroatoms. The fraction of sp³-hybridized carbons (Fsp3) is 0.364. The first-order valence-electron chi connectivity index (χ1n) is 5.35. The molecule has 1 aromatic rings. The average molecular weight is 310 g/mol. The molecule has 1 N–H and O–H groups in total. The van der Waals surface area contributed by atoms with Crippen molar-refractivity contribution in [1.29, 1.82) is 0 Å². The molecule has 2 aliphatic rings. The molecule has 1 aromatic carbocycles. The molecule has 4 nitrogen and oxygen atoms in total. The first kappa shape index (κ1) is 12.7. The van der Waals surface area contributed by atoms with Crippen molar-refractivity contribution in [2.45, 2.75) is 17.0 Å². The maximum absolute atomic E-state index is 12.8. The van der Waals surface area contributed by atoms with Crippen molar-refractivity contribution in [2.24, 2.45) is 5.92 Å². The van der Waals surface area contributed by atoms with Crippen LogP contribution in [-0.4, -0.2) is 16.5 Å². The van der Waals surface area contributed by atoms with Gasteiger partial charge in [-0.25, -0.2) is 0 Å². The largest absolute Gasteiger partial charge is 0.586 e. The lowest BCUT2D eigenvalue weighted by Crippen LogP contribution is -2.25. The van der Waals surface area contributed by atoms with Gasteiger partial charge < -0.3 is 14.8 Å². The minimum Gasteiger partial charge on any atom is -0.395 e. The molecule has 1 fully saturated rings. The first-order chi connectivity index (χ1) is 8.77. The average Bonchev–Trinajstić information content (AvgIpc) is 2.79. The van der Waals surface area contributed by atoms with Gasteiger partial charge >= 0.3 is 6.29 Å². The predicted molar refractivity (Wildman–Crippen MR) is 63.8 cm³/mol. The predicted octanol–water partition coefficient (Wildman–Crippen LogP) is 3.14. The van der Waals surface area contributed by atoms with E-state index in [2.05, 4.69) is 14.8 Å². The van der Waals surface area contributed by atoms with Gasteiger partial charge in [-0.1, -0.05) is 0 Å². The highest BCUT2D eigenvalue weighted by Crippen LogP contribution is 2.53. The number of alkyl halides is 4. The van der Waals surface area contributed by atoms with Gasteiger partial charge in [0.15, 0.2) is 11.5 Å². The molecule has 1 atom stereocenters. The monoisotopic (exact) mass is 309 g/mol. The molecule has 0 radical (unpaired) electrons. The third kappa shape index (κ3) is 2.42. The van der Waals surface area contributed by atoms with Crippen molar-refractivity contribution in [1.82, 2.24) is 0 Å². The normalized spacial score (nSPS) is 24.9. The second-order valence-corrected chi connectivity index (χ2v) is 5.88. The van der Waals surface area contributed by atoms with Crippen molar-refractivity contribution in [3.8, 4) is 11.5 Å². The number of halogens is 4. The lowest BCUT2D eigenvalue weighted by Gasteiger charge is -2.06. The zero-order chi connectivity index (χ0) is 13.8. The Morgan fingerprint density at radius 2 is 1.95 bits per heavy atom. The summed E-state index contributed by atoms with van der Waals surface area (Å²) in [6.07, 6.45) is -3.31. The van der Waals surface area contributed by atoms with Gasteiger partial charge in [0.2, 0.25) is 5.91 Å². The Labute approximate surface area is 116 Å². The van der Waals surface area contributed by atoms with Crippen molar-refractivity contribution in [2.75, 3.05) is 5.32 Å². The van der Waals surface area contributed by atoms with Crippen molar-refractivity contribution in [3.63, 3.8) is 0 Å². The molecule has 1 heterocycles. The van der Waals surface area contributed by atoms with E-state index >= 15 is 0 Å². The second kappa shape index (κ2) is 3.86. The van der Waals surface area contributed by atoms with E-state index in [9.17, 15) is 13.6 Å². The Morgan fingerprint density at radius 3 is 2.58 bits per heavy atom. The molecule has 1 aliphatic carbocycles. The zero-order valence-electron chi connectivity index (χ0n) is 9.25. The van der Waals surface area contributed by atoms with Gasteiger partial charge in [0, 0.05) is 11.8 Å². The highest BCUT2D eigenvalue weighted by atomic mass is 35.5. The Hall–Kier alpha value is -1.27. The number of nitrogens with one attached hydrogen (secondary N) is 1. The first-order valence-corrected chi connectivity index (χ1v) is 6.11. The van der Waals surface area contributed by atoms with Crippen molar-refractivity contribution in [3.05, 3.63) is 18.2 Å². The van der Waals surface area contributed by atoms with Crippen LogP contribution < -0.4 is 14.8 Å². The fourth-order valence-corrected chi connectivity index (χ4v) is 2.26. The van der Waals surface area contributed by atoms with Crippen LogP contribution in [0.3, 0.4) is 0 Å². The Morgan fingerprint density at radius 1 is 1.32 bits per heavy atom. The third-order valence-electron chi connectivity index (χ3n) is 2.81. The summed E-state index contributed by atoms with van der Waals surface area (Å²) in [6, 6.07) is 3.96. The number of carbonyl (C=O) groups is 1. The number of anilines is 1. The molecule has 19 heavy (non-hydrogen) atoms. The molecule has 1 saturated carbocycles. The molecular weight excluding hydrogens is 303 g/mol. The van der Waals surface area contributed by atoms with Crippen LogP contribution in [0.1, 0.15) is 6.42 Å². The van der Waals surface area contributed by atoms with Crippen LogP contribution in [0, 0.1) is 5.92 Å². The van der Waals surface area contributed by atoms with Gasteiger partial charge in [-0.2, -0.15) is 0 Å². The van der Waals surface area contributed by atoms with Gasteiger partial charge in [-0.15, -0.1) is 32.0 Å². The number of benzene rings is 1. The van der Waals surface area contributed by atoms with Crippen LogP contribution >= 0.6 is 23.2 Å². The Balaban J connectivity index is 1.73. The van der Waals surface area contributed by atoms with Crippen LogP contribution in [0.2, 0.25) is 0 Å². The number of amides is 1. The van der Waals surface area contributed by atoms with E-state index in [0.29, 0.717) is 12.1 Å². The summed E-state index contributed by atoms with van der Waals surface area (Å²) in [5, 5.41) is 2.53. The molecule has 1 aliphatic heterocycles. The van der Waals surface area contributed by atoms with Gasteiger partial charge in [0.1, 0.15) is 4.33 Å². The van der Waals surface area contributed by atoms with Crippen LogP contribution in [-0.2, 0) is 4.79 Å². The smallest absolute Gasteiger partial charge is 0.395 e. The summed E-state index contributed by atoms with van der Waals surface area (Å²) >= 11 is 11.5. The highest BCUT2D eigenvalue weighted by molar-refractivity contribution is 6.52. The van der Waals surface area contributed by atoms with Crippen molar-refractivity contribution < 1.29 is 23.0 Å². The minimum absolute atomic E-state index is 0.0848. The molecular formula is C11H7Cl2F2NO3. The van der Waals surface area contributed by atoms with Crippen molar-refractivity contribution >= 4 is 34.8 Å². The summed E-state index contributed by atoms with van der Waals surface area (Å²) in [7, 11) is 0. The van der Waals surface area contributed by atoms with Crippen LogP contribution in [0.5, 0.6) is 11.5 Å². The molecule has 0 aromatic heterocycles. The molecule has 0 bridgehead atoms.